The summed E-state index contributed by atoms with van der Waals surface area (Å²) in [5.74, 6) is 0. The van der Waals surface area contributed by atoms with E-state index < -0.39 is 7.38 Å². The Kier molecular flexibility index (Phi) is 2.78. The number of fused-ring (bicyclic) bond motifs is 5. The zero-order valence-electron chi connectivity index (χ0n) is 12.3. The Morgan fingerprint density at radius 3 is 2.43 bits per heavy atom. The minimum Gasteiger partial charge on any atom is -0.162 e. The molecule has 1 aliphatic rings. The summed E-state index contributed by atoms with van der Waals surface area (Å²) in [4.78, 5) is 0. The van der Waals surface area contributed by atoms with E-state index in [9.17, 15) is 0 Å². The van der Waals surface area contributed by atoms with Gasteiger partial charge in [0.1, 0.15) is 0 Å². The van der Waals surface area contributed by atoms with Gasteiger partial charge in [-0.1, -0.05) is 72.9 Å². The Hall–Kier alpha value is -1.57. The van der Waals surface area contributed by atoms with Crippen molar-refractivity contribution < 1.29 is 0 Å². The lowest BCUT2D eigenvalue weighted by Crippen LogP contribution is -2.20. The van der Waals surface area contributed by atoms with Crippen molar-refractivity contribution in [3.05, 3.63) is 64.9 Å². The molecule has 0 atom stereocenters. The molecule has 0 bridgehead atoms. The van der Waals surface area contributed by atoms with Crippen LogP contribution in [0.3, 0.4) is 0 Å². The predicted molar refractivity (Wildman–Crippen MR) is 96.5 cm³/mol. The second kappa shape index (κ2) is 4.46. The third kappa shape index (κ3) is 2.04. The van der Waals surface area contributed by atoms with Gasteiger partial charge >= 0.3 is 0 Å². The molecule has 0 heterocycles. The molecule has 3 aromatic carbocycles. The van der Waals surface area contributed by atoms with E-state index in [-0.39, 0.29) is 0 Å². The van der Waals surface area contributed by atoms with Crippen molar-refractivity contribution in [3.8, 4) is 0 Å². The summed E-state index contributed by atoms with van der Waals surface area (Å²) >= 11 is 6.65. The summed E-state index contributed by atoms with van der Waals surface area (Å²) in [6, 6.07) is 17.7. The number of allylic oxidation sites excluding steroid dienone is 1. The minimum atomic E-state index is -1.73. The van der Waals surface area contributed by atoms with E-state index in [1.807, 2.05) is 0 Å². The highest BCUT2D eigenvalue weighted by atomic mass is 35.6. The van der Waals surface area contributed by atoms with E-state index in [0.717, 1.165) is 6.42 Å². The average Bonchev–Trinajstić information content (AvgIpc) is 2.91. The summed E-state index contributed by atoms with van der Waals surface area (Å²) in [6.45, 7) is 4.42. The highest BCUT2D eigenvalue weighted by Gasteiger charge is 2.28. The molecule has 0 fully saturated rings. The van der Waals surface area contributed by atoms with Gasteiger partial charge in [0.2, 0.25) is 0 Å². The van der Waals surface area contributed by atoms with Crippen molar-refractivity contribution in [1.82, 2.24) is 0 Å². The largest absolute Gasteiger partial charge is 0.177 e. The average molecular weight is 309 g/mol. The van der Waals surface area contributed by atoms with E-state index >= 15 is 0 Å². The quantitative estimate of drug-likeness (QED) is 0.297. The Morgan fingerprint density at radius 1 is 0.857 bits per heavy atom. The predicted octanol–water partition coefficient (Wildman–Crippen LogP) is 5.92. The summed E-state index contributed by atoms with van der Waals surface area (Å²) < 4.78 is 0. The van der Waals surface area contributed by atoms with E-state index in [2.05, 4.69) is 67.7 Å². The first kappa shape index (κ1) is 13.1. The first-order valence-electron chi connectivity index (χ1n) is 7.37. The summed E-state index contributed by atoms with van der Waals surface area (Å²) in [5, 5.41) is 6.79. The Labute approximate surface area is 130 Å². The fourth-order valence-corrected chi connectivity index (χ4v) is 4.76. The van der Waals surface area contributed by atoms with E-state index in [4.69, 9.17) is 11.1 Å². The molecular weight excluding hydrogens is 292 g/mol. The molecule has 0 amide bonds. The van der Waals surface area contributed by atoms with Gasteiger partial charge in [-0.25, -0.2) is 0 Å². The zero-order valence-corrected chi connectivity index (χ0v) is 14.0. The third-order valence-corrected chi connectivity index (χ3v) is 7.10. The molecule has 0 unspecified atom stereocenters. The minimum absolute atomic E-state index is 1.03. The van der Waals surface area contributed by atoms with Gasteiger partial charge in [-0.15, -0.1) is 0 Å². The van der Waals surface area contributed by atoms with Crippen LogP contribution in [0.25, 0.3) is 27.6 Å². The fourth-order valence-electron chi connectivity index (χ4n) is 3.29. The number of hydrogen-bond donors (Lipinski definition) is 0. The molecule has 0 aromatic heterocycles. The van der Waals surface area contributed by atoms with Gasteiger partial charge in [-0.2, -0.15) is 11.1 Å². The van der Waals surface area contributed by atoms with Crippen LogP contribution in [0.15, 0.2) is 53.7 Å². The topological polar surface area (TPSA) is 0 Å². The monoisotopic (exact) mass is 308 g/mol. The zero-order chi connectivity index (χ0) is 14.6. The van der Waals surface area contributed by atoms with Crippen LogP contribution in [0.1, 0.15) is 11.1 Å². The molecular formula is C19H17ClSi. The Bertz CT molecular complexity index is 900. The second-order valence-corrected chi connectivity index (χ2v) is 12.8. The first-order valence-corrected chi connectivity index (χ1v) is 11.4. The van der Waals surface area contributed by atoms with Crippen molar-refractivity contribution in [2.24, 2.45) is 0 Å². The van der Waals surface area contributed by atoms with Crippen LogP contribution < -0.4 is 0 Å². The van der Waals surface area contributed by atoms with Crippen LogP contribution in [0.2, 0.25) is 13.1 Å². The van der Waals surface area contributed by atoms with Crippen molar-refractivity contribution in [3.63, 3.8) is 0 Å². The molecule has 2 heteroatoms. The van der Waals surface area contributed by atoms with Crippen LogP contribution in [0.5, 0.6) is 0 Å². The molecule has 0 N–H and O–H groups in total. The standard InChI is InChI=1S/C19H17ClSi/c1-21(2,20)15-11-14-8-10-17-16-6-4-3-5-13(16)7-9-18(17)19(14)12-15/h3-10,12H,11H2,1-2H3. The highest BCUT2D eigenvalue weighted by Crippen LogP contribution is 2.38. The number of hydrogen-bond acceptors (Lipinski definition) is 0. The van der Waals surface area contributed by atoms with E-state index in [1.165, 1.54) is 37.9 Å². The lowest BCUT2D eigenvalue weighted by atomic mass is 9.96. The summed E-state index contributed by atoms with van der Waals surface area (Å²) in [7, 11) is -1.73. The molecule has 0 saturated carbocycles. The van der Waals surface area contributed by atoms with Crippen molar-refractivity contribution in [1.29, 1.82) is 0 Å². The van der Waals surface area contributed by atoms with Crippen molar-refractivity contribution in [2.75, 3.05) is 0 Å². The molecule has 104 valence electrons. The number of benzene rings is 3. The summed E-state index contributed by atoms with van der Waals surface area (Å²) in [5.41, 5.74) is 2.81. The van der Waals surface area contributed by atoms with Gasteiger partial charge < -0.3 is 0 Å². The molecule has 0 spiro atoms. The van der Waals surface area contributed by atoms with E-state index in [0.29, 0.717) is 0 Å². The maximum absolute atomic E-state index is 6.65. The SMILES string of the molecule is C[Si](C)(Cl)C1=Cc2c(ccc3c2ccc2ccccc23)C1. The second-order valence-electron chi connectivity index (χ2n) is 6.34. The van der Waals surface area contributed by atoms with Gasteiger partial charge in [0.05, 0.1) is 0 Å². The normalized spacial score (nSPS) is 14.5. The maximum Gasteiger partial charge on any atom is 0.177 e. The molecule has 0 nitrogen and oxygen atoms in total. The van der Waals surface area contributed by atoms with Crippen LogP contribution in [-0.4, -0.2) is 7.38 Å². The molecule has 3 aromatic rings. The molecule has 0 saturated heterocycles. The first-order chi connectivity index (χ1) is 10.0. The molecule has 1 aliphatic carbocycles. The lowest BCUT2D eigenvalue weighted by molar-refractivity contribution is 1.28. The third-order valence-electron chi connectivity index (χ3n) is 4.52. The van der Waals surface area contributed by atoms with Gasteiger partial charge in [0.15, 0.2) is 7.38 Å². The Balaban J connectivity index is 2.04. The van der Waals surface area contributed by atoms with Crippen LogP contribution in [-0.2, 0) is 6.42 Å². The van der Waals surface area contributed by atoms with Crippen LogP contribution in [0.4, 0.5) is 0 Å². The maximum atomic E-state index is 6.65. The lowest BCUT2D eigenvalue weighted by Gasteiger charge is -2.13. The number of halogens is 1. The van der Waals surface area contributed by atoms with Gasteiger partial charge in [-0.05, 0) is 39.1 Å². The van der Waals surface area contributed by atoms with Crippen molar-refractivity contribution >= 4 is 46.1 Å². The van der Waals surface area contributed by atoms with E-state index in [1.54, 1.807) is 0 Å². The van der Waals surface area contributed by atoms with Gasteiger partial charge in [0.25, 0.3) is 0 Å². The molecule has 4 rings (SSSR count). The highest BCUT2D eigenvalue weighted by molar-refractivity contribution is 7.23. The van der Waals surface area contributed by atoms with Crippen LogP contribution in [0, 0.1) is 0 Å². The molecule has 0 aliphatic heterocycles. The molecule has 0 radical (unpaired) electrons. The fraction of sp³-hybridized carbons (Fsp3) is 0.158. The molecule has 21 heavy (non-hydrogen) atoms. The van der Waals surface area contributed by atoms with Crippen LogP contribution >= 0.6 is 11.1 Å². The Morgan fingerprint density at radius 2 is 1.62 bits per heavy atom. The van der Waals surface area contributed by atoms with Gasteiger partial charge in [-0.3, -0.25) is 0 Å². The van der Waals surface area contributed by atoms with Crippen molar-refractivity contribution in [2.45, 2.75) is 19.5 Å². The summed E-state index contributed by atoms with van der Waals surface area (Å²) in [6.07, 6.45) is 3.38. The van der Waals surface area contributed by atoms with Gasteiger partial charge in [0, 0.05) is 0 Å². The smallest absolute Gasteiger partial charge is 0.162 e. The number of rotatable bonds is 1.